The maximum absolute atomic E-state index is 13.6. The lowest BCUT2D eigenvalue weighted by atomic mass is 10.0. The van der Waals surface area contributed by atoms with Crippen molar-refractivity contribution in [3.05, 3.63) is 60.3 Å². The molecule has 1 atom stereocenters. The third kappa shape index (κ3) is 4.79. The van der Waals surface area contributed by atoms with Gasteiger partial charge in [0.15, 0.2) is 0 Å². The van der Waals surface area contributed by atoms with Crippen molar-refractivity contribution in [1.82, 2.24) is 15.2 Å². The topological polar surface area (TPSA) is 121 Å². The molecule has 1 unspecified atom stereocenters. The molecule has 1 aliphatic rings. The molecular formula is C24H21F2N5O3. The van der Waals surface area contributed by atoms with E-state index in [-0.39, 0.29) is 12.3 Å². The number of pyridine rings is 1. The van der Waals surface area contributed by atoms with Crippen molar-refractivity contribution < 1.29 is 23.1 Å². The molecule has 1 aromatic heterocycles. The summed E-state index contributed by atoms with van der Waals surface area (Å²) in [4.78, 5) is 30.4. The zero-order chi connectivity index (χ0) is 24.3. The maximum atomic E-state index is 13.6. The first kappa shape index (κ1) is 23.1. The van der Waals surface area contributed by atoms with Gasteiger partial charge < -0.3 is 15.0 Å². The summed E-state index contributed by atoms with van der Waals surface area (Å²) in [6.07, 6.45) is 0.769. The smallest absolute Gasteiger partial charge is 0.268 e. The van der Waals surface area contributed by atoms with Crippen molar-refractivity contribution >= 4 is 22.7 Å². The van der Waals surface area contributed by atoms with Crippen LogP contribution in [0.3, 0.4) is 0 Å². The largest absolute Gasteiger partial charge is 0.479 e. The molecule has 1 saturated heterocycles. The number of hydrogen-bond donors (Lipinski definition) is 2. The number of amides is 2. The molecular weight excluding hydrogens is 444 g/mol. The summed E-state index contributed by atoms with van der Waals surface area (Å²) in [5, 5.41) is 12.1. The number of nitrogens with zero attached hydrogens (tertiary/aromatic N) is 3. The number of halogens is 2. The number of alkyl halides is 2. The summed E-state index contributed by atoms with van der Waals surface area (Å²) >= 11 is 0. The number of aromatic nitrogens is 1. The van der Waals surface area contributed by atoms with Gasteiger partial charge in [0.05, 0.1) is 30.2 Å². The van der Waals surface area contributed by atoms with Crippen molar-refractivity contribution in [1.29, 1.82) is 5.26 Å². The molecule has 3 N–H and O–H groups in total. The van der Waals surface area contributed by atoms with Crippen LogP contribution < -0.4 is 15.8 Å². The molecule has 10 heteroatoms. The standard InChI is InChI=1S/C24H21F2N5O3/c25-24(26)10-17(11-27)31(13-24)22(32)12-30-23(33)19-7-8-29-21-6-3-16(9-20(19)21)15-1-4-18(5-2-15)34-14-28/h1-9,17H,10,12-14,28H2,(H,30,33). The minimum Gasteiger partial charge on any atom is -0.479 e. The van der Waals surface area contributed by atoms with Gasteiger partial charge in [0.1, 0.15) is 18.5 Å². The minimum atomic E-state index is -3.12. The number of likely N-dealkylation sites (tertiary alicyclic amines) is 1. The molecule has 4 rings (SSSR count). The van der Waals surface area contributed by atoms with Gasteiger partial charge in [-0.2, -0.15) is 5.26 Å². The first-order valence-electron chi connectivity index (χ1n) is 10.5. The Bertz CT molecular complexity index is 1270. The molecule has 0 saturated carbocycles. The highest BCUT2D eigenvalue weighted by Crippen LogP contribution is 2.31. The number of hydrogen-bond acceptors (Lipinski definition) is 6. The van der Waals surface area contributed by atoms with E-state index in [9.17, 15) is 18.4 Å². The maximum Gasteiger partial charge on any atom is 0.268 e. The lowest BCUT2D eigenvalue weighted by Gasteiger charge is -2.19. The van der Waals surface area contributed by atoms with E-state index in [1.165, 1.54) is 12.3 Å². The molecule has 2 aromatic carbocycles. The average Bonchev–Trinajstić information content (AvgIpc) is 3.17. The number of carbonyl (C=O) groups is 2. The Labute approximate surface area is 193 Å². The Kier molecular flexibility index (Phi) is 6.38. The number of fused-ring (bicyclic) bond motifs is 1. The second-order valence-electron chi connectivity index (χ2n) is 7.84. The van der Waals surface area contributed by atoms with Crippen molar-refractivity contribution in [2.75, 3.05) is 19.8 Å². The Morgan fingerprint density at radius 2 is 1.94 bits per heavy atom. The first-order chi connectivity index (χ1) is 16.3. The van der Waals surface area contributed by atoms with Crippen LogP contribution in [-0.2, 0) is 4.79 Å². The van der Waals surface area contributed by atoms with Crippen LogP contribution in [-0.4, -0.2) is 53.5 Å². The van der Waals surface area contributed by atoms with Crippen LogP contribution in [0.4, 0.5) is 8.78 Å². The van der Waals surface area contributed by atoms with Gasteiger partial charge in [-0.1, -0.05) is 18.2 Å². The molecule has 2 heterocycles. The van der Waals surface area contributed by atoms with Crippen molar-refractivity contribution in [2.24, 2.45) is 5.73 Å². The number of nitrogens with one attached hydrogen (secondary N) is 1. The van der Waals surface area contributed by atoms with Gasteiger partial charge in [-0.05, 0) is 41.5 Å². The highest BCUT2D eigenvalue weighted by Gasteiger charge is 2.47. The van der Waals surface area contributed by atoms with E-state index >= 15 is 0 Å². The normalized spacial score (nSPS) is 16.8. The van der Waals surface area contributed by atoms with E-state index in [1.807, 2.05) is 24.3 Å². The van der Waals surface area contributed by atoms with Crippen LogP contribution >= 0.6 is 0 Å². The minimum absolute atomic E-state index is 0.0688. The van der Waals surface area contributed by atoms with Crippen molar-refractivity contribution in [3.8, 4) is 22.9 Å². The van der Waals surface area contributed by atoms with E-state index in [1.54, 1.807) is 24.3 Å². The second-order valence-corrected chi connectivity index (χ2v) is 7.84. The quantitative estimate of drug-likeness (QED) is 0.540. The number of nitrogens with two attached hydrogens (primary N) is 1. The molecule has 1 fully saturated rings. The van der Waals surface area contributed by atoms with E-state index in [0.717, 1.165) is 16.0 Å². The van der Waals surface area contributed by atoms with Gasteiger partial charge in [0.25, 0.3) is 11.8 Å². The first-order valence-corrected chi connectivity index (χ1v) is 10.5. The molecule has 0 spiro atoms. The fourth-order valence-electron chi connectivity index (χ4n) is 3.91. The monoisotopic (exact) mass is 465 g/mol. The second kappa shape index (κ2) is 9.41. The molecule has 0 aliphatic carbocycles. The molecule has 34 heavy (non-hydrogen) atoms. The van der Waals surface area contributed by atoms with Crippen LogP contribution in [0.25, 0.3) is 22.0 Å². The Morgan fingerprint density at radius 1 is 1.21 bits per heavy atom. The predicted octanol–water partition coefficient (Wildman–Crippen LogP) is 2.69. The van der Waals surface area contributed by atoms with Crippen LogP contribution in [0.5, 0.6) is 5.75 Å². The summed E-state index contributed by atoms with van der Waals surface area (Å²) in [6, 6.07) is 14.8. The van der Waals surface area contributed by atoms with Crippen molar-refractivity contribution in [2.45, 2.75) is 18.4 Å². The number of carbonyl (C=O) groups excluding carboxylic acids is 2. The molecule has 2 amide bonds. The van der Waals surface area contributed by atoms with Gasteiger partial charge in [-0.25, -0.2) is 8.78 Å². The van der Waals surface area contributed by atoms with Gasteiger partial charge in [-0.3, -0.25) is 20.3 Å². The zero-order valence-corrected chi connectivity index (χ0v) is 18.0. The molecule has 8 nitrogen and oxygen atoms in total. The predicted molar refractivity (Wildman–Crippen MR) is 120 cm³/mol. The summed E-state index contributed by atoms with van der Waals surface area (Å²) < 4.78 is 32.5. The Balaban J connectivity index is 1.53. The van der Waals surface area contributed by atoms with Gasteiger partial charge in [-0.15, -0.1) is 0 Å². The highest BCUT2D eigenvalue weighted by molar-refractivity contribution is 6.07. The van der Waals surface area contributed by atoms with Gasteiger partial charge >= 0.3 is 0 Å². The Hall–Kier alpha value is -4.10. The SMILES string of the molecule is N#CC1CC(F)(F)CN1C(=O)CNC(=O)c1ccnc2ccc(-c3ccc(OCN)cc3)cc12. The van der Waals surface area contributed by atoms with Crippen LogP contribution in [0.15, 0.2) is 54.7 Å². The van der Waals surface area contributed by atoms with Crippen LogP contribution in [0.2, 0.25) is 0 Å². The fraction of sp³-hybridized carbons (Fsp3) is 0.250. The summed E-state index contributed by atoms with van der Waals surface area (Å²) in [6.45, 7) is -1.27. The van der Waals surface area contributed by atoms with Crippen LogP contribution in [0.1, 0.15) is 16.8 Å². The van der Waals surface area contributed by atoms with Gasteiger partial charge in [0.2, 0.25) is 5.91 Å². The third-order valence-corrected chi connectivity index (χ3v) is 5.56. The fourth-order valence-corrected chi connectivity index (χ4v) is 3.91. The van der Waals surface area contributed by atoms with Crippen molar-refractivity contribution in [3.63, 3.8) is 0 Å². The average molecular weight is 465 g/mol. The van der Waals surface area contributed by atoms with Crippen LogP contribution in [0, 0.1) is 11.3 Å². The van der Waals surface area contributed by atoms with E-state index in [0.29, 0.717) is 16.7 Å². The zero-order valence-electron chi connectivity index (χ0n) is 18.0. The molecule has 0 radical (unpaired) electrons. The third-order valence-electron chi connectivity index (χ3n) is 5.56. The van der Waals surface area contributed by atoms with E-state index < -0.39 is 43.3 Å². The Morgan fingerprint density at radius 3 is 2.65 bits per heavy atom. The summed E-state index contributed by atoms with van der Waals surface area (Å²) in [7, 11) is 0. The number of rotatable bonds is 6. The summed E-state index contributed by atoms with van der Waals surface area (Å²) in [5.41, 5.74) is 7.96. The number of nitriles is 1. The van der Waals surface area contributed by atoms with Gasteiger partial charge in [0, 0.05) is 18.0 Å². The lowest BCUT2D eigenvalue weighted by molar-refractivity contribution is -0.131. The van der Waals surface area contributed by atoms with E-state index in [2.05, 4.69) is 10.3 Å². The molecule has 1 aliphatic heterocycles. The van der Waals surface area contributed by atoms with E-state index in [4.69, 9.17) is 15.7 Å². The number of ether oxygens (including phenoxy) is 1. The summed E-state index contributed by atoms with van der Waals surface area (Å²) in [5.74, 6) is -3.78. The lowest BCUT2D eigenvalue weighted by Crippen LogP contribution is -2.43. The highest BCUT2D eigenvalue weighted by atomic mass is 19.3. The number of benzene rings is 2. The molecule has 0 bridgehead atoms. The molecule has 3 aromatic rings. The molecule has 174 valence electrons.